The number of alkyl carbamates (subject to hydrolysis) is 1. The molecule has 7 nitrogen and oxygen atoms in total. The number of carbonyl (C=O) groups excluding carboxylic acids is 2. The predicted octanol–water partition coefficient (Wildman–Crippen LogP) is 5.14. The van der Waals surface area contributed by atoms with Crippen LogP contribution in [0.1, 0.15) is 75.6 Å². The fraction of sp³-hybridized carbons (Fsp3) is 0.500. The van der Waals surface area contributed by atoms with Crippen molar-refractivity contribution in [3.05, 3.63) is 59.4 Å². The van der Waals surface area contributed by atoms with Gasteiger partial charge in [-0.3, -0.25) is 0 Å². The molecule has 0 aliphatic carbocycles. The maximum Gasteiger partial charge on any atom is 0.408 e. The largest absolute Gasteiger partial charge is 0.456 e. The number of amides is 1. The summed E-state index contributed by atoms with van der Waals surface area (Å²) in [6.07, 6.45) is 1.54. The van der Waals surface area contributed by atoms with Crippen LogP contribution in [0.2, 0.25) is 0 Å². The van der Waals surface area contributed by atoms with Gasteiger partial charge in [-0.1, -0.05) is 30.3 Å². The van der Waals surface area contributed by atoms with Crippen LogP contribution < -0.4 is 5.32 Å². The van der Waals surface area contributed by atoms with E-state index >= 15 is 0 Å². The zero-order chi connectivity index (χ0) is 23.1. The van der Waals surface area contributed by atoms with Crippen LogP contribution in [-0.2, 0) is 20.8 Å². The Morgan fingerprint density at radius 3 is 2.23 bits per heavy atom. The second-order valence-electron chi connectivity index (χ2n) is 9.33. The lowest BCUT2D eigenvalue weighted by molar-refractivity contribution is 0.00655. The fourth-order valence-corrected chi connectivity index (χ4v) is 2.89. The molecule has 0 aliphatic heterocycles. The topological polar surface area (TPSA) is 89.7 Å². The number of aromatic nitrogens is 1. The van der Waals surface area contributed by atoms with Crippen molar-refractivity contribution >= 4 is 12.1 Å². The summed E-state index contributed by atoms with van der Waals surface area (Å²) in [6.45, 7) is 11.7. The summed E-state index contributed by atoms with van der Waals surface area (Å²) in [5.74, 6) is -0.454. The van der Waals surface area contributed by atoms with Crippen LogP contribution in [0.15, 0.2) is 42.6 Å². The van der Waals surface area contributed by atoms with Crippen molar-refractivity contribution in [3.63, 3.8) is 0 Å². The summed E-state index contributed by atoms with van der Waals surface area (Å²) in [6, 6.07) is 11.0. The van der Waals surface area contributed by atoms with Gasteiger partial charge in [0.15, 0.2) is 0 Å². The lowest BCUT2D eigenvalue weighted by atomic mass is 10.1. The van der Waals surface area contributed by atoms with Gasteiger partial charge in [-0.15, -0.1) is 0 Å². The highest BCUT2D eigenvalue weighted by Gasteiger charge is 2.27. The summed E-state index contributed by atoms with van der Waals surface area (Å²) in [7, 11) is 0. The Morgan fingerprint density at radius 2 is 1.61 bits per heavy atom. The molecule has 2 aromatic rings. The standard InChI is InChI=1S/C24H34N2O5/c1-23(2,3)30-21(27)18-12-14-25-20(18)19(26-22(28)31-24(4,5)6)13-15-29-16-17-10-8-7-9-11-17/h7-12,14,19,25H,13,15-16H2,1-6H3,(H,26,28). The van der Waals surface area contributed by atoms with Crippen LogP contribution in [0.4, 0.5) is 4.79 Å². The first-order valence-electron chi connectivity index (χ1n) is 10.5. The molecule has 0 spiro atoms. The zero-order valence-electron chi connectivity index (χ0n) is 19.3. The number of carbonyl (C=O) groups is 2. The van der Waals surface area contributed by atoms with E-state index in [-0.39, 0.29) is 0 Å². The Bertz CT molecular complexity index is 847. The summed E-state index contributed by atoms with van der Waals surface area (Å²) >= 11 is 0. The molecule has 0 saturated carbocycles. The lowest BCUT2D eigenvalue weighted by Gasteiger charge is -2.24. The average molecular weight is 431 g/mol. The van der Waals surface area contributed by atoms with Gasteiger partial charge in [0, 0.05) is 12.8 Å². The Hall–Kier alpha value is -2.80. The second-order valence-corrected chi connectivity index (χ2v) is 9.33. The van der Waals surface area contributed by atoms with Crippen molar-refractivity contribution in [2.45, 2.75) is 71.8 Å². The maximum absolute atomic E-state index is 12.7. The third kappa shape index (κ3) is 8.84. The van der Waals surface area contributed by atoms with E-state index in [0.717, 1.165) is 5.56 Å². The zero-order valence-corrected chi connectivity index (χ0v) is 19.3. The van der Waals surface area contributed by atoms with Crippen LogP contribution in [0, 0.1) is 0 Å². The molecule has 1 unspecified atom stereocenters. The van der Waals surface area contributed by atoms with Crippen LogP contribution in [0.5, 0.6) is 0 Å². The predicted molar refractivity (Wildman–Crippen MR) is 119 cm³/mol. The van der Waals surface area contributed by atoms with E-state index in [1.54, 1.807) is 33.0 Å². The van der Waals surface area contributed by atoms with Crippen molar-refractivity contribution in [2.75, 3.05) is 6.61 Å². The van der Waals surface area contributed by atoms with Gasteiger partial charge in [0.05, 0.1) is 23.9 Å². The van der Waals surface area contributed by atoms with E-state index in [0.29, 0.717) is 30.9 Å². The fourth-order valence-electron chi connectivity index (χ4n) is 2.89. The first-order valence-corrected chi connectivity index (χ1v) is 10.5. The van der Waals surface area contributed by atoms with Crippen molar-refractivity contribution < 1.29 is 23.8 Å². The number of hydrogen-bond donors (Lipinski definition) is 2. The number of H-pyrrole nitrogens is 1. The molecule has 0 fully saturated rings. The van der Waals surface area contributed by atoms with Gasteiger partial charge in [-0.2, -0.15) is 0 Å². The Labute approximate surface area is 184 Å². The van der Waals surface area contributed by atoms with Crippen LogP contribution >= 0.6 is 0 Å². The molecule has 0 aliphatic rings. The molecule has 0 bridgehead atoms. The molecular weight excluding hydrogens is 396 g/mol. The highest BCUT2D eigenvalue weighted by atomic mass is 16.6. The van der Waals surface area contributed by atoms with E-state index in [1.165, 1.54) is 0 Å². The van der Waals surface area contributed by atoms with Gasteiger partial charge in [-0.25, -0.2) is 9.59 Å². The minimum absolute atomic E-state index is 0.374. The van der Waals surface area contributed by atoms with E-state index in [4.69, 9.17) is 14.2 Å². The minimum atomic E-state index is -0.637. The monoisotopic (exact) mass is 430 g/mol. The summed E-state index contributed by atoms with van der Waals surface area (Å²) in [5, 5.41) is 2.85. The van der Waals surface area contributed by atoms with Crippen LogP contribution in [-0.4, -0.2) is 34.9 Å². The van der Waals surface area contributed by atoms with Gasteiger partial charge in [0.1, 0.15) is 11.2 Å². The van der Waals surface area contributed by atoms with Crippen molar-refractivity contribution in [3.8, 4) is 0 Å². The highest BCUT2D eigenvalue weighted by molar-refractivity contribution is 5.91. The first-order chi connectivity index (χ1) is 14.4. The maximum atomic E-state index is 12.7. The summed E-state index contributed by atoms with van der Waals surface area (Å²) < 4.78 is 16.7. The molecule has 0 saturated heterocycles. The second kappa shape index (κ2) is 10.5. The van der Waals surface area contributed by atoms with Crippen molar-refractivity contribution in [2.24, 2.45) is 0 Å². The molecule has 2 rings (SSSR count). The van der Waals surface area contributed by atoms with Gasteiger partial charge >= 0.3 is 12.1 Å². The van der Waals surface area contributed by atoms with Gasteiger partial charge in [-0.05, 0) is 59.6 Å². The lowest BCUT2D eigenvalue weighted by Crippen LogP contribution is -2.36. The number of esters is 1. The number of nitrogens with one attached hydrogen (secondary N) is 2. The Balaban J connectivity index is 2.11. The van der Waals surface area contributed by atoms with Gasteiger partial charge in [0.25, 0.3) is 0 Å². The Morgan fingerprint density at radius 1 is 0.968 bits per heavy atom. The third-order valence-electron chi connectivity index (χ3n) is 4.10. The molecule has 1 aromatic carbocycles. The molecule has 31 heavy (non-hydrogen) atoms. The van der Waals surface area contributed by atoms with Crippen LogP contribution in [0.3, 0.4) is 0 Å². The molecule has 1 heterocycles. The van der Waals surface area contributed by atoms with E-state index in [9.17, 15) is 9.59 Å². The molecule has 1 aromatic heterocycles. The van der Waals surface area contributed by atoms with E-state index < -0.39 is 29.3 Å². The number of aromatic amines is 1. The molecule has 1 atom stereocenters. The summed E-state index contributed by atoms with van der Waals surface area (Å²) in [5.41, 5.74) is 0.733. The molecule has 1 amide bonds. The number of ether oxygens (including phenoxy) is 3. The minimum Gasteiger partial charge on any atom is -0.456 e. The number of hydrogen-bond acceptors (Lipinski definition) is 5. The first kappa shape index (κ1) is 24.5. The van der Waals surface area contributed by atoms with E-state index in [1.807, 2.05) is 51.1 Å². The normalized spacial score (nSPS) is 12.8. The van der Waals surface area contributed by atoms with Crippen molar-refractivity contribution in [1.29, 1.82) is 0 Å². The van der Waals surface area contributed by atoms with E-state index in [2.05, 4.69) is 10.3 Å². The third-order valence-corrected chi connectivity index (χ3v) is 4.10. The molecular formula is C24H34N2O5. The quantitative estimate of drug-likeness (QED) is 0.447. The number of benzene rings is 1. The highest BCUT2D eigenvalue weighted by Crippen LogP contribution is 2.23. The van der Waals surface area contributed by atoms with Crippen LogP contribution in [0.25, 0.3) is 0 Å². The van der Waals surface area contributed by atoms with Crippen molar-refractivity contribution in [1.82, 2.24) is 10.3 Å². The summed E-state index contributed by atoms with van der Waals surface area (Å²) in [4.78, 5) is 28.2. The smallest absolute Gasteiger partial charge is 0.408 e. The number of rotatable bonds is 8. The molecule has 0 radical (unpaired) electrons. The van der Waals surface area contributed by atoms with Gasteiger partial charge in [0.2, 0.25) is 0 Å². The average Bonchev–Trinajstić information content (AvgIpc) is 3.12. The molecule has 170 valence electrons. The Kier molecular flexibility index (Phi) is 8.28. The van der Waals surface area contributed by atoms with Gasteiger partial charge < -0.3 is 24.5 Å². The SMILES string of the molecule is CC(C)(C)OC(=O)NC(CCOCc1ccccc1)c1[nH]ccc1C(=O)OC(C)(C)C. The molecule has 7 heteroatoms. The molecule has 2 N–H and O–H groups in total.